The van der Waals surface area contributed by atoms with Gasteiger partial charge in [0.2, 0.25) is 0 Å². The first-order valence-corrected chi connectivity index (χ1v) is 6.94. The molecule has 0 amide bonds. The lowest BCUT2D eigenvalue weighted by molar-refractivity contribution is 0.415. The highest BCUT2D eigenvalue weighted by Crippen LogP contribution is 2.14. The van der Waals surface area contributed by atoms with Crippen LogP contribution in [0.2, 0.25) is 0 Å². The van der Waals surface area contributed by atoms with Gasteiger partial charge in [-0.15, -0.1) is 0 Å². The topological polar surface area (TPSA) is 59.6 Å². The maximum atomic E-state index is 5.89. The van der Waals surface area contributed by atoms with Gasteiger partial charge in [0.15, 0.2) is 5.96 Å². The normalized spacial score (nSPS) is 11.2. The Kier molecular flexibility index (Phi) is 5.21. The SMILES string of the molecule is COc1ccc(NC(N)=NCCc2ccccc2C)cc1. The number of rotatable bonds is 5. The third-order valence-corrected chi connectivity index (χ3v) is 3.29. The Bertz CT molecular complexity index is 606. The van der Waals surface area contributed by atoms with Crippen molar-refractivity contribution in [1.82, 2.24) is 0 Å². The molecule has 0 saturated heterocycles. The molecule has 0 fully saturated rings. The maximum absolute atomic E-state index is 5.89. The number of nitrogens with two attached hydrogens (primary N) is 1. The van der Waals surface area contributed by atoms with Crippen LogP contribution in [0.4, 0.5) is 5.69 Å². The summed E-state index contributed by atoms with van der Waals surface area (Å²) in [5, 5.41) is 3.07. The molecule has 0 atom stereocenters. The Morgan fingerprint density at radius 3 is 2.52 bits per heavy atom. The number of aliphatic imine (C=N–C) groups is 1. The Hall–Kier alpha value is -2.49. The molecule has 2 aromatic rings. The standard InChI is InChI=1S/C17H21N3O/c1-13-5-3-4-6-14(13)11-12-19-17(18)20-15-7-9-16(21-2)10-8-15/h3-10H,11-12H2,1-2H3,(H3,18,19,20). The molecule has 0 aromatic heterocycles. The van der Waals surface area contributed by atoms with Gasteiger partial charge < -0.3 is 15.8 Å². The zero-order chi connectivity index (χ0) is 15.1. The van der Waals surface area contributed by atoms with Gasteiger partial charge in [0, 0.05) is 12.2 Å². The Labute approximate surface area is 125 Å². The minimum absolute atomic E-state index is 0.425. The van der Waals surface area contributed by atoms with Crippen LogP contribution in [0, 0.1) is 6.92 Å². The van der Waals surface area contributed by atoms with E-state index in [1.807, 2.05) is 36.4 Å². The molecule has 0 spiro atoms. The number of benzene rings is 2. The van der Waals surface area contributed by atoms with E-state index in [4.69, 9.17) is 10.5 Å². The molecule has 0 heterocycles. The van der Waals surface area contributed by atoms with E-state index in [-0.39, 0.29) is 0 Å². The average molecular weight is 283 g/mol. The zero-order valence-electron chi connectivity index (χ0n) is 12.5. The molecule has 110 valence electrons. The van der Waals surface area contributed by atoms with Crippen LogP contribution < -0.4 is 15.8 Å². The predicted molar refractivity (Wildman–Crippen MR) is 88.0 cm³/mol. The summed E-state index contributed by atoms with van der Waals surface area (Å²) in [5.74, 6) is 1.24. The minimum atomic E-state index is 0.425. The van der Waals surface area contributed by atoms with Gasteiger partial charge in [-0.3, -0.25) is 4.99 Å². The molecule has 0 aliphatic carbocycles. The van der Waals surface area contributed by atoms with Crippen LogP contribution in [0.25, 0.3) is 0 Å². The molecule has 4 nitrogen and oxygen atoms in total. The second-order valence-corrected chi connectivity index (χ2v) is 4.80. The monoisotopic (exact) mass is 283 g/mol. The van der Waals surface area contributed by atoms with E-state index in [0.29, 0.717) is 12.5 Å². The largest absolute Gasteiger partial charge is 0.497 e. The lowest BCUT2D eigenvalue weighted by Crippen LogP contribution is -2.23. The fraction of sp³-hybridized carbons (Fsp3) is 0.235. The smallest absolute Gasteiger partial charge is 0.193 e. The van der Waals surface area contributed by atoms with E-state index < -0.39 is 0 Å². The Morgan fingerprint density at radius 1 is 1.14 bits per heavy atom. The first-order valence-electron chi connectivity index (χ1n) is 6.94. The number of guanidine groups is 1. The van der Waals surface area contributed by atoms with Crippen LogP contribution in [-0.2, 0) is 6.42 Å². The van der Waals surface area contributed by atoms with Crippen LogP contribution in [0.3, 0.4) is 0 Å². The highest BCUT2D eigenvalue weighted by atomic mass is 16.5. The predicted octanol–water partition coefficient (Wildman–Crippen LogP) is 2.97. The van der Waals surface area contributed by atoms with Crippen molar-refractivity contribution in [3.63, 3.8) is 0 Å². The summed E-state index contributed by atoms with van der Waals surface area (Å²) in [4.78, 5) is 4.35. The number of methoxy groups -OCH3 is 1. The third-order valence-electron chi connectivity index (χ3n) is 3.29. The third kappa shape index (κ3) is 4.53. The highest BCUT2D eigenvalue weighted by molar-refractivity contribution is 5.92. The molecule has 3 N–H and O–H groups in total. The number of ether oxygens (including phenoxy) is 1. The number of hydrogen-bond acceptors (Lipinski definition) is 2. The number of aryl methyl sites for hydroxylation is 1. The van der Waals surface area contributed by atoms with Crippen LogP contribution in [-0.4, -0.2) is 19.6 Å². The second kappa shape index (κ2) is 7.33. The Morgan fingerprint density at radius 2 is 1.86 bits per heavy atom. The van der Waals surface area contributed by atoms with E-state index in [1.54, 1.807) is 7.11 Å². The van der Waals surface area contributed by atoms with Gasteiger partial charge in [0.05, 0.1) is 7.11 Å². The molecule has 2 aromatic carbocycles. The van der Waals surface area contributed by atoms with Gasteiger partial charge in [0.1, 0.15) is 5.75 Å². The number of anilines is 1. The zero-order valence-corrected chi connectivity index (χ0v) is 12.5. The highest BCUT2D eigenvalue weighted by Gasteiger charge is 1.98. The molecular formula is C17H21N3O. The summed E-state index contributed by atoms with van der Waals surface area (Å²) in [7, 11) is 1.64. The molecule has 0 saturated carbocycles. The van der Waals surface area contributed by atoms with Gasteiger partial charge in [-0.1, -0.05) is 24.3 Å². The van der Waals surface area contributed by atoms with Crippen molar-refractivity contribution in [1.29, 1.82) is 0 Å². The average Bonchev–Trinajstić information content (AvgIpc) is 2.50. The van der Waals surface area contributed by atoms with Crippen LogP contribution in [0.15, 0.2) is 53.5 Å². The molecule has 0 bridgehead atoms. The Balaban J connectivity index is 1.87. The maximum Gasteiger partial charge on any atom is 0.193 e. The summed E-state index contributed by atoms with van der Waals surface area (Å²) in [6.45, 7) is 2.78. The van der Waals surface area contributed by atoms with E-state index in [0.717, 1.165) is 17.9 Å². The molecule has 0 unspecified atom stereocenters. The second-order valence-electron chi connectivity index (χ2n) is 4.80. The molecule has 21 heavy (non-hydrogen) atoms. The van der Waals surface area contributed by atoms with Gasteiger partial charge in [0.25, 0.3) is 0 Å². The summed E-state index contributed by atoms with van der Waals surface area (Å²) in [6, 6.07) is 15.9. The molecule has 0 aliphatic rings. The van der Waals surface area contributed by atoms with E-state index in [9.17, 15) is 0 Å². The summed E-state index contributed by atoms with van der Waals surface area (Å²) in [6.07, 6.45) is 0.887. The van der Waals surface area contributed by atoms with Crippen LogP contribution >= 0.6 is 0 Å². The number of nitrogens with one attached hydrogen (secondary N) is 1. The molecular weight excluding hydrogens is 262 g/mol. The summed E-state index contributed by atoms with van der Waals surface area (Å²) < 4.78 is 5.11. The van der Waals surface area contributed by atoms with Crippen molar-refractivity contribution < 1.29 is 4.74 Å². The summed E-state index contributed by atoms with van der Waals surface area (Å²) >= 11 is 0. The minimum Gasteiger partial charge on any atom is -0.497 e. The lowest BCUT2D eigenvalue weighted by Gasteiger charge is -2.07. The van der Waals surface area contributed by atoms with Crippen molar-refractivity contribution in [2.45, 2.75) is 13.3 Å². The molecule has 0 aliphatic heterocycles. The van der Waals surface area contributed by atoms with Gasteiger partial charge in [-0.25, -0.2) is 0 Å². The molecule has 2 rings (SSSR count). The number of nitrogens with zero attached hydrogens (tertiary/aromatic N) is 1. The van der Waals surface area contributed by atoms with Crippen molar-refractivity contribution in [2.75, 3.05) is 19.0 Å². The van der Waals surface area contributed by atoms with Gasteiger partial charge in [-0.05, 0) is 48.7 Å². The molecule has 0 radical (unpaired) electrons. The van der Waals surface area contributed by atoms with Crippen molar-refractivity contribution >= 4 is 11.6 Å². The van der Waals surface area contributed by atoms with E-state index in [1.165, 1.54) is 11.1 Å². The van der Waals surface area contributed by atoms with Crippen molar-refractivity contribution in [2.24, 2.45) is 10.7 Å². The van der Waals surface area contributed by atoms with E-state index in [2.05, 4.69) is 29.4 Å². The quantitative estimate of drug-likeness (QED) is 0.655. The molecule has 4 heteroatoms. The van der Waals surface area contributed by atoms with Crippen LogP contribution in [0.5, 0.6) is 5.75 Å². The van der Waals surface area contributed by atoms with Crippen molar-refractivity contribution in [3.8, 4) is 5.75 Å². The van der Waals surface area contributed by atoms with Gasteiger partial charge >= 0.3 is 0 Å². The lowest BCUT2D eigenvalue weighted by atomic mass is 10.1. The van der Waals surface area contributed by atoms with Crippen molar-refractivity contribution in [3.05, 3.63) is 59.7 Å². The fourth-order valence-corrected chi connectivity index (χ4v) is 2.05. The first-order chi connectivity index (χ1) is 10.2. The number of hydrogen-bond donors (Lipinski definition) is 2. The fourth-order valence-electron chi connectivity index (χ4n) is 2.05. The first kappa shape index (κ1) is 14.9. The van der Waals surface area contributed by atoms with Crippen LogP contribution in [0.1, 0.15) is 11.1 Å². The van der Waals surface area contributed by atoms with Gasteiger partial charge in [-0.2, -0.15) is 0 Å². The summed E-state index contributed by atoms with van der Waals surface area (Å²) in [5.41, 5.74) is 9.37. The van der Waals surface area contributed by atoms with E-state index >= 15 is 0 Å².